The maximum Gasteiger partial charge on any atom is 0.161 e. The lowest BCUT2D eigenvalue weighted by Gasteiger charge is -2.43. The maximum atomic E-state index is 16.2. The molecule has 0 amide bonds. The summed E-state index contributed by atoms with van der Waals surface area (Å²) in [5.74, 6) is 1.91. The first kappa shape index (κ1) is 21.3. The van der Waals surface area contributed by atoms with Gasteiger partial charge in [-0.25, -0.2) is 4.39 Å². The molecule has 2 aromatic carbocycles. The Morgan fingerprint density at radius 2 is 1.58 bits per heavy atom. The first-order valence-corrected chi connectivity index (χ1v) is 12.2. The van der Waals surface area contributed by atoms with Crippen molar-refractivity contribution >= 4 is 15.9 Å². The Hall–Kier alpha value is -1.59. The number of benzene rings is 2. The fraction of sp³-hybridized carbons (Fsp3) is 0.538. The zero-order valence-electron chi connectivity index (χ0n) is 18.4. The van der Waals surface area contributed by atoms with Crippen LogP contribution in [0.2, 0.25) is 0 Å². The molecule has 5 heteroatoms. The summed E-state index contributed by atoms with van der Waals surface area (Å²) < 4.78 is 28.3. The Balaban J connectivity index is 1.26. The lowest BCUT2D eigenvalue weighted by Crippen LogP contribution is -2.49. The molecule has 166 valence electrons. The molecule has 1 aliphatic carbocycles. The third kappa shape index (κ3) is 4.11. The summed E-state index contributed by atoms with van der Waals surface area (Å²) in [6.07, 6.45) is 6.15. The molecule has 2 atom stereocenters. The zero-order chi connectivity index (χ0) is 21.6. The van der Waals surface area contributed by atoms with Gasteiger partial charge in [-0.15, -0.1) is 0 Å². The molecular weight excluding hydrogens is 457 g/mol. The van der Waals surface area contributed by atoms with E-state index >= 15 is 4.39 Å². The van der Waals surface area contributed by atoms with Crippen LogP contribution in [0.4, 0.5) is 4.39 Å². The third-order valence-corrected chi connectivity index (χ3v) is 8.44. The molecule has 5 rings (SSSR count). The van der Waals surface area contributed by atoms with E-state index in [0.29, 0.717) is 37.3 Å². The van der Waals surface area contributed by atoms with E-state index < -0.39 is 5.67 Å². The van der Waals surface area contributed by atoms with Gasteiger partial charge < -0.3 is 9.47 Å². The predicted octanol–water partition coefficient (Wildman–Crippen LogP) is 6.11. The SMILES string of the molecule is COc1cc2c(cc1OC)CC(CC1(F)CC3CCC(C1)N3Cc1ccccc1Br)C2. The van der Waals surface area contributed by atoms with E-state index in [0.717, 1.165) is 48.2 Å². The number of hydrogen-bond acceptors (Lipinski definition) is 3. The number of fused-ring (bicyclic) bond motifs is 3. The fourth-order valence-corrected chi connectivity index (χ4v) is 6.74. The molecule has 0 saturated carbocycles. The van der Waals surface area contributed by atoms with Crippen molar-refractivity contribution in [2.24, 2.45) is 5.92 Å². The van der Waals surface area contributed by atoms with Crippen LogP contribution in [-0.2, 0) is 19.4 Å². The molecule has 0 spiro atoms. The Morgan fingerprint density at radius 1 is 1.00 bits per heavy atom. The van der Waals surface area contributed by atoms with Crippen LogP contribution >= 0.6 is 15.9 Å². The third-order valence-electron chi connectivity index (χ3n) is 7.66. The van der Waals surface area contributed by atoms with Crippen molar-refractivity contribution < 1.29 is 13.9 Å². The van der Waals surface area contributed by atoms with E-state index in [9.17, 15) is 0 Å². The highest BCUT2D eigenvalue weighted by atomic mass is 79.9. The first-order valence-electron chi connectivity index (χ1n) is 11.4. The largest absolute Gasteiger partial charge is 0.493 e. The summed E-state index contributed by atoms with van der Waals surface area (Å²) in [7, 11) is 3.34. The van der Waals surface area contributed by atoms with Crippen LogP contribution in [0.5, 0.6) is 11.5 Å². The second kappa shape index (κ2) is 8.40. The minimum absolute atomic E-state index is 0.361. The van der Waals surface area contributed by atoms with Gasteiger partial charge in [0.15, 0.2) is 11.5 Å². The van der Waals surface area contributed by atoms with E-state index in [1.165, 1.54) is 16.7 Å². The van der Waals surface area contributed by atoms with Gasteiger partial charge >= 0.3 is 0 Å². The van der Waals surface area contributed by atoms with Gasteiger partial charge in [0.1, 0.15) is 5.67 Å². The topological polar surface area (TPSA) is 21.7 Å². The predicted molar refractivity (Wildman–Crippen MR) is 125 cm³/mol. The molecule has 2 heterocycles. The quantitative estimate of drug-likeness (QED) is 0.490. The Kier molecular flexibility index (Phi) is 5.76. The Bertz CT molecular complexity index is 917. The van der Waals surface area contributed by atoms with Gasteiger partial charge in [-0.1, -0.05) is 34.1 Å². The molecule has 2 aromatic rings. The number of alkyl halides is 1. The number of piperidine rings is 1. The fourth-order valence-electron chi connectivity index (χ4n) is 6.33. The van der Waals surface area contributed by atoms with Gasteiger partial charge in [-0.05, 0) is 85.8 Å². The smallest absolute Gasteiger partial charge is 0.161 e. The normalized spacial score (nSPS) is 28.0. The monoisotopic (exact) mass is 487 g/mol. The number of hydrogen-bond donors (Lipinski definition) is 0. The average molecular weight is 488 g/mol. The number of ether oxygens (including phenoxy) is 2. The Morgan fingerprint density at radius 3 is 2.13 bits per heavy atom. The van der Waals surface area contributed by atoms with E-state index in [2.05, 4.69) is 57.2 Å². The molecule has 31 heavy (non-hydrogen) atoms. The summed E-state index contributed by atoms with van der Waals surface area (Å²) in [5.41, 5.74) is 2.85. The van der Waals surface area contributed by atoms with Crippen molar-refractivity contribution in [3.05, 3.63) is 57.6 Å². The highest BCUT2D eigenvalue weighted by Gasteiger charge is 2.49. The van der Waals surface area contributed by atoms with E-state index in [4.69, 9.17) is 9.47 Å². The van der Waals surface area contributed by atoms with E-state index in [1.807, 2.05) is 0 Å². The maximum absolute atomic E-state index is 16.2. The minimum atomic E-state index is -1.04. The lowest BCUT2D eigenvalue weighted by atomic mass is 9.80. The highest BCUT2D eigenvalue weighted by Crippen LogP contribution is 2.48. The van der Waals surface area contributed by atoms with Crippen LogP contribution in [0.25, 0.3) is 0 Å². The van der Waals surface area contributed by atoms with Crippen molar-refractivity contribution in [2.75, 3.05) is 14.2 Å². The van der Waals surface area contributed by atoms with Gasteiger partial charge in [-0.2, -0.15) is 0 Å². The van der Waals surface area contributed by atoms with Crippen LogP contribution in [0.3, 0.4) is 0 Å². The number of rotatable bonds is 6. The number of nitrogens with zero attached hydrogens (tertiary/aromatic N) is 1. The highest BCUT2D eigenvalue weighted by molar-refractivity contribution is 9.10. The van der Waals surface area contributed by atoms with Crippen molar-refractivity contribution in [2.45, 2.75) is 69.2 Å². The molecule has 3 aliphatic rings. The second-order valence-electron chi connectivity index (χ2n) is 9.66. The summed E-state index contributed by atoms with van der Waals surface area (Å²) in [4.78, 5) is 2.57. The van der Waals surface area contributed by atoms with Gasteiger partial charge in [-0.3, -0.25) is 4.90 Å². The molecule has 2 aliphatic heterocycles. The molecule has 2 fully saturated rings. The van der Waals surface area contributed by atoms with Gasteiger partial charge in [0, 0.05) is 23.1 Å². The van der Waals surface area contributed by atoms with Crippen LogP contribution < -0.4 is 9.47 Å². The average Bonchev–Trinajstić information content (AvgIpc) is 3.25. The second-order valence-corrected chi connectivity index (χ2v) is 10.5. The molecule has 2 saturated heterocycles. The summed E-state index contributed by atoms with van der Waals surface area (Å²) >= 11 is 3.68. The Labute approximate surface area is 193 Å². The van der Waals surface area contributed by atoms with Crippen LogP contribution in [0.15, 0.2) is 40.9 Å². The van der Waals surface area contributed by atoms with Crippen LogP contribution in [0.1, 0.15) is 48.8 Å². The molecule has 2 unspecified atom stereocenters. The van der Waals surface area contributed by atoms with Crippen molar-refractivity contribution in [1.82, 2.24) is 4.90 Å². The molecule has 3 nitrogen and oxygen atoms in total. The first-order chi connectivity index (χ1) is 15.0. The molecule has 0 N–H and O–H groups in total. The van der Waals surface area contributed by atoms with Crippen molar-refractivity contribution in [3.63, 3.8) is 0 Å². The molecular formula is C26H31BrFNO2. The lowest BCUT2D eigenvalue weighted by molar-refractivity contribution is -0.00766. The van der Waals surface area contributed by atoms with Crippen LogP contribution in [-0.4, -0.2) is 36.9 Å². The zero-order valence-corrected chi connectivity index (χ0v) is 20.0. The minimum Gasteiger partial charge on any atom is -0.493 e. The van der Waals surface area contributed by atoms with Crippen LogP contribution in [0, 0.1) is 5.92 Å². The molecule has 0 radical (unpaired) electrons. The summed E-state index contributed by atoms with van der Waals surface area (Å²) in [6, 6.07) is 13.3. The summed E-state index contributed by atoms with van der Waals surface area (Å²) in [6.45, 7) is 0.918. The summed E-state index contributed by atoms with van der Waals surface area (Å²) in [5, 5.41) is 0. The standard InChI is InChI=1S/C26H31BrFNO2/c1-30-24-11-19-9-17(10-20(19)12-25(24)31-2)13-26(28)14-21-7-8-22(15-26)29(21)16-18-5-3-4-6-23(18)27/h3-6,11-12,17,21-22H,7-10,13-16H2,1-2H3. The van der Waals surface area contributed by atoms with Gasteiger partial charge in [0.05, 0.1) is 14.2 Å². The van der Waals surface area contributed by atoms with Crippen molar-refractivity contribution in [3.8, 4) is 11.5 Å². The van der Waals surface area contributed by atoms with Crippen molar-refractivity contribution in [1.29, 1.82) is 0 Å². The number of halogens is 2. The number of methoxy groups -OCH3 is 2. The molecule has 2 bridgehead atoms. The molecule has 0 aromatic heterocycles. The van der Waals surface area contributed by atoms with E-state index in [-0.39, 0.29) is 0 Å². The van der Waals surface area contributed by atoms with Gasteiger partial charge in [0.25, 0.3) is 0 Å². The van der Waals surface area contributed by atoms with Gasteiger partial charge in [0.2, 0.25) is 0 Å². The van der Waals surface area contributed by atoms with E-state index in [1.54, 1.807) is 14.2 Å².